The number of ether oxygens (including phenoxy) is 2. The minimum Gasteiger partial charge on any atom is -0.497 e. The number of aromatic nitrogens is 1. The van der Waals surface area contributed by atoms with E-state index in [1.165, 1.54) is 11.3 Å². The van der Waals surface area contributed by atoms with Gasteiger partial charge in [-0.15, -0.1) is 11.3 Å². The highest BCUT2D eigenvalue weighted by Gasteiger charge is 2.20. The first-order valence-electron chi connectivity index (χ1n) is 11.4. The number of hydrogen-bond donors (Lipinski definition) is 1. The summed E-state index contributed by atoms with van der Waals surface area (Å²) in [5.41, 5.74) is 3.29. The van der Waals surface area contributed by atoms with Crippen molar-refractivity contribution in [3.8, 4) is 22.8 Å². The second-order valence-electron chi connectivity index (χ2n) is 8.04. The molecule has 4 rings (SSSR count). The maximum atomic E-state index is 13.2. The molecule has 0 saturated carbocycles. The molecule has 0 radical (unpaired) electrons. The Kier molecular flexibility index (Phi) is 8.31. The van der Waals surface area contributed by atoms with Crippen LogP contribution < -0.4 is 14.8 Å². The predicted octanol–water partition coefficient (Wildman–Crippen LogP) is 5.04. The third-order valence-corrected chi connectivity index (χ3v) is 6.36. The maximum Gasteiger partial charge on any atom is 0.244 e. The summed E-state index contributed by atoms with van der Waals surface area (Å²) in [6, 6.07) is 24.2. The zero-order valence-corrected chi connectivity index (χ0v) is 21.0. The number of methoxy groups -OCH3 is 2. The van der Waals surface area contributed by atoms with E-state index in [1.807, 2.05) is 60.0 Å². The molecule has 2 amide bonds. The number of benzene rings is 3. The lowest BCUT2D eigenvalue weighted by molar-refractivity contribution is -0.134. The Morgan fingerprint density at radius 2 is 1.53 bits per heavy atom. The summed E-state index contributed by atoms with van der Waals surface area (Å²) in [6.07, 6.45) is 0.202. The average Bonchev–Trinajstić information content (AvgIpc) is 3.38. The number of nitrogens with zero attached hydrogens (tertiary/aromatic N) is 2. The van der Waals surface area contributed by atoms with Gasteiger partial charge in [0.05, 0.1) is 32.9 Å². The first-order valence-corrected chi connectivity index (χ1v) is 12.3. The van der Waals surface area contributed by atoms with E-state index in [9.17, 15) is 9.59 Å². The maximum absolute atomic E-state index is 13.2. The van der Waals surface area contributed by atoms with E-state index >= 15 is 0 Å². The van der Waals surface area contributed by atoms with Crippen molar-refractivity contribution >= 4 is 28.8 Å². The normalized spacial score (nSPS) is 10.5. The van der Waals surface area contributed by atoms with Crippen molar-refractivity contribution in [2.24, 2.45) is 0 Å². The van der Waals surface area contributed by atoms with E-state index in [0.717, 1.165) is 27.6 Å². The van der Waals surface area contributed by atoms with Crippen molar-refractivity contribution in [3.63, 3.8) is 0 Å². The van der Waals surface area contributed by atoms with Crippen molar-refractivity contribution in [2.45, 2.75) is 13.0 Å². The number of thiazole rings is 1. The molecule has 8 heteroatoms. The number of anilines is 1. The zero-order chi connectivity index (χ0) is 25.3. The van der Waals surface area contributed by atoms with Crippen LogP contribution in [0.15, 0.2) is 84.2 Å². The van der Waals surface area contributed by atoms with Gasteiger partial charge in [-0.2, -0.15) is 0 Å². The quantitative estimate of drug-likeness (QED) is 0.329. The molecule has 0 unspecified atom stereocenters. The van der Waals surface area contributed by atoms with Crippen LogP contribution >= 0.6 is 11.3 Å². The molecular weight excluding hydrogens is 474 g/mol. The van der Waals surface area contributed by atoms with Crippen LogP contribution in [0.4, 0.5) is 5.69 Å². The molecule has 184 valence electrons. The molecule has 0 saturated heterocycles. The third kappa shape index (κ3) is 6.70. The van der Waals surface area contributed by atoms with E-state index in [0.29, 0.717) is 11.4 Å². The summed E-state index contributed by atoms with van der Waals surface area (Å²) in [7, 11) is 3.21. The van der Waals surface area contributed by atoms with Crippen LogP contribution in [0.3, 0.4) is 0 Å². The highest BCUT2D eigenvalue weighted by Crippen LogP contribution is 2.25. The number of nitrogens with one attached hydrogen (secondary N) is 1. The predicted molar refractivity (Wildman–Crippen MR) is 141 cm³/mol. The van der Waals surface area contributed by atoms with Gasteiger partial charge in [-0.05, 0) is 54.1 Å². The molecule has 0 spiro atoms. The number of carbonyl (C=O) groups excluding carboxylic acids is 2. The summed E-state index contributed by atoms with van der Waals surface area (Å²) in [4.78, 5) is 32.3. The molecule has 0 aliphatic carbocycles. The zero-order valence-electron chi connectivity index (χ0n) is 20.1. The Balaban J connectivity index is 1.48. The lowest BCUT2D eigenvalue weighted by atomic mass is 10.1. The van der Waals surface area contributed by atoms with Gasteiger partial charge in [-0.1, -0.05) is 30.3 Å². The van der Waals surface area contributed by atoms with Crippen molar-refractivity contribution in [2.75, 3.05) is 26.1 Å². The fourth-order valence-corrected chi connectivity index (χ4v) is 4.42. The summed E-state index contributed by atoms with van der Waals surface area (Å²) < 4.78 is 10.4. The lowest BCUT2D eigenvalue weighted by Crippen LogP contribution is -2.38. The molecule has 1 heterocycles. The Bertz CT molecular complexity index is 1290. The molecule has 1 aromatic heterocycles. The minimum absolute atomic E-state index is 0.0881. The first kappa shape index (κ1) is 24.9. The summed E-state index contributed by atoms with van der Waals surface area (Å²) in [5, 5.41) is 5.56. The van der Waals surface area contributed by atoms with Crippen molar-refractivity contribution in [3.05, 3.63) is 94.8 Å². The number of amides is 2. The van der Waals surface area contributed by atoms with Crippen LogP contribution in [-0.4, -0.2) is 42.5 Å². The Labute approximate surface area is 214 Å². The summed E-state index contributed by atoms with van der Waals surface area (Å²) in [6.45, 7) is 0.150. The average molecular weight is 502 g/mol. The smallest absolute Gasteiger partial charge is 0.244 e. The molecule has 0 aliphatic heterocycles. The van der Waals surface area contributed by atoms with Gasteiger partial charge in [0.25, 0.3) is 0 Å². The van der Waals surface area contributed by atoms with E-state index < -0.39 is 0 Å². The van der Waals surface area contributed by atoms with Crippen LogP contribution in [0.2, 0.25) is 0 Å². The molecule has 3 aromatic carbocycles. The van der Waals surface area contributed by atoms with Gasteiger partial charge in [0.1, 0.15) is 23.1 Å². The third-order valence-electron chi connectivity index (χ3n) is 5.52. The molecule has 7 nitrogen and oxygen atoms in total. The van der Waals surface area contributed by atoms with Crippen molar-refractivity contribution in [1.29, 1.82) is 0 Å². The molecule has 0 aliphatic rings. The molecule has 0 atom stereocenters. The van der Waals surface area contributed by atoms with Crippen LogP contribution in [-0.2, 0) is 22.6 Å². The van der Waals surface area contributed by atoms with Crippen molar-refractivity contribution in [1.82, 2.24) is 9.88 Å². The van der Waals surface area contributed by atoms with Crippen LogP contribution in [0, 0.1) is 0 Å². The van der Waals surface area contributed by atoms with Crippen LogP contribution in [0.5, 0.6) is 11.5 Å². The van der Waals surface area contributed by atoms with Crippen molar-refractivity contribution < 1.29 is 19.1 Å². The van der Waals surface area contributed by atoms with Gasteiger partial charge in [0, 0.05) is 16.6 Å². The molecule has 0 fully saturated rings. The number of rotatable bonds is 10. The topological polar surface area (TPSA) is 80.8 Å². The van der Waals surface area contributed by atoms with Gasteiger partial charge in [-0.25, -0.2) is 4.98 Å². The standard InChI is InChI=1S/C28H27N3O4S/c1-34-23-12-8-21(9-13-23)25-19-36-27(30-25)18-31(28(33)16-20-6-4-3-5-7-20)17-26(32)29-22-10-14-24(35-2)15-11-22/h3-15,19H,16-18H2,1-2H3,(H,29,32). The van der Waals surface area contributed by atoms with E-state index in [4.69, 9.17) is 14.5 Å². The molecule has 4 aromatic rings. The van der Waals surface area contributed by atoms with E-state index in [2.05, 4.69) is 5.32 Å². The first-order chi connectivity index (χ1) is 17.5. The Morgan fingerprint density at radius 3 is 2.17 bits per heavy atom. The fourth-order valence-electron chi connectivity index (χ4n) is 3.60. The highest BCUT2D eigenvalue weighted by molar-refractivity contribution is 7.09. The second kappa shape index (κ2) is 12.0. The van der Waals surface area contributed by atoms with Gasteiger partial charge in [0.2, 0.25) is 11.8 Å². The van der Waals surface area contributed by atoms with Gasteiger partial charge in [-0.3, -0.25) is 9.59 Å². The number of hydrogen-bond acceptors (Lipinski definition) is 6. The SMILES string of the molecule is COc1ccc(NC(=O)CN(Cc2nc(-c3ccc(OC)cc3)cs2)C(=O)Cc2ccccc2)cc1. The Hall–Kier alpha value is -4.17. The Morgan fingerprint density at radius 1 is 0.889 bits per heavy atom. The van der Waals surface area contributed by atoms with Gasteiger partial charge >= 0.3 is 0 Å². The number of carbonyl (C=O) groups is 2. The van der Waals surface area contributed by atoms with Crippen LogP contribution in [0.1, 0.15) is 10.6 Å². The molecule has 36 heavy (non-hydrogen) atoms. The summed E-state index contributed by atoms with van der Waals surface area (Å²) >= 11 is 1.46. The van der Waals surface area contributed by atoms with Crippen LogP contribution in [0.25, 0.3) is 11.3 Å². The minimum atomic E-state index is -0.284. The lowest BCUT2D eigenvalue weighted by Gasteiger charge is -2.21. The fraction of sp³-hybridized carbons (Fsp3) is 0.179. The van der Waals surface area contributed by atoms with E-state index in [1.54, 1.807) is 43.4 Å². The highest BCUT2D eigenvalue weighted by atomic mass is 32.1. The monoisotopic (exact) mass is 501 g/mol. The summed E-state index contributed by atoms with van der Waals surface area (Å²) in [5.74, 6) is 1.04. The molecule has 0 bridgehead atoms. The largest absolute Gasteiger partial charge is 0.497 e. The van der Waals surface area contributed by atoms with Gasteiger partial charge < -0.3 is 19.7 Å². The van der Waals surface area contributed by atoms with Gasteiger partial charge in [0.15, 0.2) is 0 Å². The molecular formula is C28H27N3O4S. The second-order valence-corrected chi connectivity index (χ2v) is 8.99. The molecule has 1 N–H and O–H groups in total. The van der Waals surface area contributed by atoms with E-state index in [-0.39, 0.29) is 31.3 Å².